The summed E-state index contributed by atoms with van der Waals surface area (Å²) in [5.74, 6) is 1.15. The van der Waals surface area contributed by atoms with Crippen molar-refractivity contribution in [2.45, 2.75) is 188 Å². The molecule has 40 heavy (non-hydrogen) atoms. The summed E-state index contributed by atoms with van der Waals surface area (Å²) >= 11 is 0. The molecule has 2 unspecified atom stereocenters. The van der Waals surface area contributed by atoms with Crippen LogP contribution in [-0.4, -0.2) is 36.4 Å². The summed E-state index contributed by atoms with van der Waals surface area (Å²) < 4.78 is 10.6. The molecule has 1 N–H and O–H groups in total. The van der Waals surface area contributed by atoms with E-state index >= 15 is 0 Å². The fourth-order valence-corrected chi connectivity index (χ4v) is 5.03. The minimum absolute atomic E-state index is 0.0601. The Labute approximate surface area is 248 Å². The van der Waals surface area contributed by atoms with Crippen molar-refractivity contribution in [1.29, 1.82) is 0 Å². The molecule has 0 amide bonds. The number of hydrogen-bond donors (Lipinski definition) is 1. The zero-order valence-corrected chi connectivity index (χ0v) is 27.2. The van der Waals surface area contributed by atoms with Crippen molar-refractivity contribution >= 4 is 11.9 Å². The maximum Gasteiger partial charge on any atom is 0.306 e. The van der Waals surface area contributed by atoms with Gasteiger partial charge in [-0.05, 0) is 24.7 Å². The number of ether oxygens (including phenoxy) is 2. The maximum absolute atomic E-state index is 12.1. The number of aliphatic hydroxyl groups excluding tert-OH is 1. The highest BCUT2D eigenvalue weighted by atomic mass is 16.6. The summed E-state index contributed by atoms with van der Waals surface area (Å²) in [6, 6.07) is 0. The Morgan fingerprint density at radius 1 is 0.550 bits per heavy atom. The smallest absolute Gasteiger partial charge is 0.306 e. The lowest BCUT2D eigenvalue weighted by atomic mass is 9.99. The predicted octanol–water partition coefficient (Wildman–Crippen LogP) is 10.1. The third-order valence-corrected chi connectivity index (χ3v) is 8.48. The number of carbonyl (C=O) groups excluding carboxylic acids is 2. The summed E-state index contributed by atoms with van der Waals surface area (Å²) in [6.07, 6.45) is 27.2. The van der Waals surface area contributed by atoms with Crippen LogP contribution in [0.5, 0.6) is 0 Å². The van der Waals surface area contributed by atoms with Crippen LogP contribution >= 0.6 is 0 Å². The molecule has 0 aromatic rings. The van der Waals surface area contributed by atoms with Gasteiger partial charge < -0.3 is 14.6 Å². The summed E-state index contributed by atoms with van der Waals surface area (Å²) in [6.45, 7) is 8.84. The minimum Gasteiger partial charge on any atom is -0.462 e. The fraction of sp³-hybridized carbons (Fsp3) is 0.943. The van der Waals surface area contributed by atoms with Crippen LogP contribution in [0.2, 0.25) is 0 Å². The molecule has 5 heteroatoms. The SMILES string of the molecule is CCC(C)CCCCCCCCCCCCC(=O)OC[C@H](CO)OC(=O)CCCCCCCCCCC(C)CC. The molecular formula is C35H68O5. The first-order chi connectivity index (χ1) is 19.4. The average molecular weight is 569 g/mol. The molecule has 0 bridgehead atoms. The van der Waals surface area contributed by atoms with Crippen LogP contribution in [0.1, 0.15) is 182 Å². The Hall–Kier alpha value is -1.10. The van der Waals surface area contributed by atoms with Crippen molar-refractivity contribution in [1.82, 2.24) is 0 Å². The highest BCUT2D eigenvalue weighted by Gasteiger charge is 2.16. The van der Waals surface area contributed by atoms with Crippen molar-refractivity contribution in [3.63, 3.8) is 0 Å². The molecule has 0 saturated carbocycles. The molecule has 0 aromatic heterocycles. The van der Waals surface area contributed by atoms with E-state index in [0.717, 1.165) is 50.4 Å². The van der Waals surface area contributed by atoms with Gasteiger partial charge in [-0.25, -0.2) is 0 Å². The van der Waals surface area contributed by atoms with Gasteiger partial charge in [-0.1, -0.05) is 156 Å². The third-order valence-electron chi connectivity index (χ3n) is 8.48. The molecule has 0 aliphatic heterocycles. The maximum atomic E-state index is 12.1. The molecule has 0 radical (unpaired) electrons. The van der Waals surface area contributed by atoms with Crippen LogP contribution < -0.4 is 0 Å². The molecule has 0 rings (SSSR count). The first-order valence-corrected chi connectivity index (χ1v) is 17.4. The van der Waals surface area contributed by atoms with E-state index in [1.165, 1.54) is 103 Å². The number of carbonyl (C=O) groups is 2. The van der Waals surface area contributed by atoms with Gasteiger partial charge in [-0.3, -0.25) is 9.59 Å². The molecule has 0 heterocycles. The molecule has 5 nitrogen and oxygen atoms in total. The van der Waals surface area contributed by atoms with Crippen LogP contribution in [-0.2, 0) is 19.1 Å². The minimum atomic E-state index is -0.762. The van der Waals surface area contributed by atoms with E-state index in [1.807, 2.05) is 0 Å². The highest BCUT2D eigenvalue weighted by molar-refractivity contribution is 5.70. The molecule has 0 saturated heterocycles. The Kier molecular flexibility index (Phi) is 28.6. The van der Waals surface area contributed by atoms with Crippen molar-refractivity contribution in [3.8, 4) is 0 Å². The van der Waals surface area contributed by atoms with Crippen LogP contribution in [0, 0.1) is 11.8 Å². The van der Waals surface area contributed by atoms with Gasteiger partial charge in [0.15, 0.2) is 6.10 Å². The lowest BCUT2D eigenvalue weighted by Gasteiger charge is -2.15. The van der Waals surface area contributed by atoms with Crippen molar-refractivity contribution in [2.75, 3.05) is 13.2 Å². The standard InChI is InChI=1S/C35H68O5/c1-5-31(3)25-21-17-13-9-7-8-10-15-19-23-27-34(37)39-30-33(29-36)40-35(38)28-24-20-16-12-11-14-18-22-26-32(4)6-2/h31-33,36H,5-30H2,1-4H3/t31?,32?,33-/m0/s1. The first-order valence-electron chi connectivity index (χ1n) is 17.4. The molecule has 0 fully saturated rings. The van der Waals surface area contributed by atoms with Crippen molar-refractivity contribution in [2.24, 2.45) is 11.8 Å². The molecule has 0 spiro atoms. The van der Waals surface area contributed by atoms with E-state index in [9.17, 15) is 14.7 Å². The molecule has 0 aromatic carbocycles. The number of esters is 2. The Bertz CT molecular complexity index is 564. The molecule has 3 atom stereocenters. The summed E-state index contributed by atoms with van der Waals surface area (Å²) in [5.41, 5.74) is 0. The van der Waals surface area contributed by atoms with Crippen LogP contribution in [0.4, 0.5) is 0 Å². The van der Waals surface area contributed by atoms with E-state index in [-0.39, 0.29) is 25.2 Å². The van der Waals surface area contributed by atoms with Gasteiger partial charge in [0.25, 0.3) is 0 Å². The van der Waals surface area contributed by atoms with E-state index in [4.69, 9.17) is 9.47 Å². The average Bonchev–Trinajstić information content (AvgIpc) is 2.96. The first kappa shape index (κ1) is 38.9. The van der Waals surface area contributed by atoms with Crippen molar-refractivity contribution < 1.29 is 24.2 Å². The lowest BCUT2D eigenvalue weighted by molar-refractivity contribution is -0.161. The number of unbranched alkanes of at least 4 members (excludes halogenated alkanes) is 16. The summed E-state index contributed by atoms with van der Waals surface area (Å²) in [5, 5.41) is 9.50. The number of aliphatic hydroxyl groups is 1. The van der Waals surface area contributed by atoms with E-state index in [0.29, 0.717) is 12.8 Å². The van der Waals surface area contributed by atoms with Crippen LogP contribution in [0.15, 0.2) is 0 Å². The number of hydrogen-bond acceptors (Lipinski definition) is 5. The van der Waals surface area contributed by atoms with Crippen molar-refractivity contribution in [3.05, 3.63) is 0 Å². The largest absolute Gasteiger partial charge is 0.462 e. The Morgan fingerprint density at radius 3 is 1.27 bits per heavy atom. The lowest BCUT2D eigenvalue weighted by Crippen LogP contribution is -2.28. The zero-order chi connectivity index (χ0) is 29.7. The van der Waals surface area contributed by atoms with E-state index < -0.39 is 6.10 Å². The van der Waals surface area contributed by atoms with Gasteiger partial charge in [0.2, 0.25) is 0 Å². The quantitative estimate of drug-likeness (QED) is 0.0689. The van der Waals surface area contributed by atoms with Crippen LogP contribution in [0.3, 0.4) is 0 Å². The van der Waals surface area contributed by atoms with E-state index in [1.54, 1.807) is 0 Å². The molecular weight excluding hydrogens is 500 g/mol. The summed E-state index contributed by atoms with van der Waals surface area (Å²) in [4.78, 5) is 24.1. The molecule has 0 aliphatic carbocycles. The molecule has 0 aliphatic rings. The highest BCUT2D eigenvalue weighted by Crippen LogP contribution is 2.17. The van der Waals surface area contributed by atoms with Gasteiger partial charge in [-0.15, -0.1) is 0 Å². The fourth-order valence-electron chi connectivity index (χ4n) is 5.03. The Balaban J connectivity index is 3.57. The number of rotatable bonds is 30. The van der Waals surface area contributed by atoms with Gasteiger partial charge in [0, 0.05) is 12.8 Å². The normalized spacial score (nSPS) is 13.6. The predicted molar refractivity (Wildman–Crippen MR) is 168 cm³/mol. The van der Waals surface area contributed by atoms with Crippen LogP contribution in [0.25, 0.3) is 0 Å². The van der Waals surface area contributed by atoms with Gasteiger partial charge >= 0.3 is 11.9 Å². The third kappa shape index (κ3) is 27.1. The second-order valence-corrected chi connectivity index (χ2v) is 12.4. The summed E-state index contributed by atoms with van der Waals surface area (Å²) in [7, 11) is 0. The second kappa shape index (κ2) is 29.4. The topological polar surface area (TPSA) is 72.8 Å². The zero-order valence-electron chi connectivity index (χ0n) is 27.2. The van der Waals surface area contributed by atoms with Gasteiger partial charge in [-0.2, -0.15) is 0 Å². The Morgan fingerprint density at radius 2 is 0.900 bits per heavy atom. The molecule has 238 valence electrons. The van der Waals surface area contributed by atoms with Gasteiger partial charge in [0.1, 0.15) is 6.61 Å². The second-order valence-electron chi connectivity index (χ2n) is 12.4. The monoisotopic (exact) mass is 569 g/mol. The van der Waals surface area contributed by atoms with E-state index in [2.05, 4.69) is 27.7 Å². The van der Waals surface area contributed by atoms with Gasteiger partial charge in [0.05, 0.1) is 6.61 Å².